The van der Waals surface area contributed by atoms with E-state index in [0.29, 0.717) is 0 Å². The van der Waals surface area contributed by atoms with Crippen LogP contribution in [0.4, 0.5) is 18.3 Å². The highest BCUT2D eigenvalue weighted by atomic mass is 35.5. The number of benzene rings is 1. The molecule has 1 aromatic carbocycles. The van der Waals surface area contributed by atoms with Crippen LogP contribution in [0.5, 0.6) is 0 Å². The largest absolute Gasteiger partial charge is 0.298 e. The molecule has 1 N–H and O–H groups in total. The van der Waals surface area contributed by atoms with Crippen molar-refractivity contribution in [3.05, 3.63) is 51.5 Å². The van der Waals surface area contributed by atoms with Crippen molar-refractivity contribution >= 4 is 55.8 Å². The highest BCUT2D eigenvalue weighted by Gasteiger charge is 2.19. The van der Waals surface area contributed by atoms with Gasteiger partial charge in [0, 0.05) is 6.20 Å². The summed E-state index contributed by atoms with van der Waals surface area (Å²) in [5, 5.41) is 2.47. The second-order valence-electron chi connectivity index (χ2n) is 4.30. The number of rotatable bonds is 2. The van der Waals surface area contributed by atoms with Gasteiger partial charge in [-0.25, -0.2) is 23.1 Å². The summed E-state index contributed by atoms with van der Waals surface area (Å²) in [4.78, 5) is 19.5. The van der Waals surface area contributed by atoms with Gasteiger partial charge in [0.25, 0.3) is 5.91 Å². The topological polar surface area (TPSA) is 54.9 Å². The molecule has 10 heteroatoms. The Bertz CT molecular complexity index is 948. The Hall–Kier alpha value is -1.90. The van der Waals surface area contributed by atoms with E-state index in [1.54, 1.807) is 0 Å². The van der Waals surface area contributed by atoms with Gasteiger partial charge in [0.05, 0.1) is 15.3 Å². The molecular weight excluding hydrogens is 374 g/mol. The maximum absolute atomic E-state index is 13.6. The third kappa shape index (κ3) is 2.97. The number of anilines is 1. The van der Waals surface area contributed by atoms with Crippen molar-refractivity contribution in [3.8, 4) is 0 Å². The Morgan fingerprint density at radius 1 is 1.17 bits per heavy atom. The van der Waals surface area contributed by atoms with Crippen molar-refractivity contribution in [1.29, 1.82) is 0 Å². The molecule has 0 saturated carbocycles. The van der Waals surface area contributed by atoms with E-state index in [4.69, 9.17) is 23.2 Å². The number of pyridine rings is 1. The number of aromatic nitrogens is 2. The Kier molecular flexibility index (Phi) is 4.13. The van der Waals surface area contributed by atoms with Gasteiger partial charge in [0.1, 0.15) is 10.7 Å². The number of thiazole rings is 1. The minimum absolute atomic E-state index is 0.0278. The van der Waals surface area contributed by atoms with Crippen LogP contribution in [-0.4, -0.2) is 15.9 Å². The minimum Gasteiger partial charge on any atom is -0.298 e. The molecular formula is C13H4Cl2F3N3OS. The molecule has 0 aliphatic rings. The molecule has 0 bridgehead atoms. The normalized spacial score (nSPS) is 11.0. The van der Waals surface area contributed by atoms with Gasteiger partial charge in [0.15, 0.2) is 22.6 Å². The Morgan fingerprint density at radius 3 is 2.61 bits per heavy atom. The molecule has 2 heterocycles. The molecule has 118 valence electrons. The van der Waals surface area contributed by atoms with Crippen LogP contribution in [0, 0.1) is 17.5 Å². The molecule has 1 amide bonds. The van der Waals surface area contributed by atoms with Gasteiger partial charge in [-0.05, 0) is 12.1 Å². The molecule has 23 heavy (non-hydrogen) atoms. The summed E-state index contributed by atoms with van der Waals surface area (Å²) < 4.78 is 40.0. The lowest BCUT2D eigenvalue weighted by molar-refractivity contribution is 0.102. The van der Waals surface area contributed by atoms with Gasteiger partial charge >= 0.3 is 0 Å². The number of nitrogens with zero attached hydrogens (tertiary/aromatic N) is 2. The molecule has 0 atom stereocenters. The molecule has 0 saturated heterocycles. The van der Waals surface area contributed by atoms with Gasteiger partial charge in [0.2, 0.25) is 0 Å². The van der Waals surface area contributed by atoms with Gasteiger partial charge in [-0.1, -0.05) is 34.5 Å². The van der Waals surface area contributed by atoms with E-state index in [9.17, 15) is 18.0 Å². The van der Waals surface area contributed by atoms with E-state index in [1.165, 1.54) is 12.3 Å². The second-order valence-corrected chi connectivity index (χ2v) is 6.10. The second kappa shape index (κ2) is 5.95. The summed E-state index contributed by atoms with van der Waals surface area (Å²) in [6, 6.07) is 2.10. The van der Waals surface area contributed by atoms with Gasteiger partial charge in [-0.2, -0.15) is 0 Å². The highest BCUT2D eigenvalue weighted by Crippen LogP contribution is 2.30. The maximum atomic E-state index is 13.6. The third-order valence-corrected chi connectivity index (χ3v) is 4.40. The van der Waals surface area contributed by atoms with E-state index in [1.807, 2.05) is 0 Å². The van der Waals surface area contributed by atoms with Crippen LogP contribution < -0.4 is 5.32 Å². The quantitative estimate of drug-likeness (QED) is 0.521. The van der Waals surface area contributed by atoms with Crippen molar-refractivity contribution in [2.45, 2.75) is 0 Å². The Morgan fingerprint density at radius 2 is 1.91 bits per heavy atom. The van der Waals surface area contributed by atoms with Crippen LogP contribution in [0.15, 0.2) is 18.3 Å². The number of amides is 1. The first-order valence-electron chi connectivity index (χ1n) is 5.93. The van der Waals surface area contributed by atoms with E-state index >= 15 is 0 Å². The number of hydrogen-bond donors (Lipinski definition) is 1. The van der Waals surface area contributed by atoms with Crippen LogP contribution in [0.2, 0.25) is 10.2 Å². The number of carbonyl (C=O) groups is 1. The fourth-order valence-electron chi connectivity index (χ4n) is 1.74. The summed E-state index contributed by atoms with van der Waals surface area (Å²) >= 11 is 12.2. The monoisotopic (exact) mass is 377 g/mol. The number of nitrogens with one attached hydrogen (secondary N) is 1. The zero-order valence-corrected chi connectivity index (χ0v) is 13.2. The van der Waals surface area contributed by atoms with Crippen LogP contribution in [0.3, 0.4) is 0 Å². The van der Waals surface area contributed by atoms with Crippen LogP contribution in [0.1, 0.15) is 10.4 Å². The van der Waals surface area contributed by atoms with Crippen molar-refractivity contribution in [2.24, 2.45) is 0 Å². The van der Waals surface area contributed by atoms with Crippen LogP contribution in [-0.2, 0) is 0 Å². The highest BCUT2D eigenvalue weighted by molar-refractivity contribution is 7.22. The molecule has 0 aliphatic heterocycles. The van der Waals surface area contributed by atoms with E-state index < -0.39 is 23.4 Å². The lowest BCUT2D eigenvalue weighted by atomic mass is 10.3. The third-order valence-electron chi connectivity index (χ3n) is 2.80. The summed E-state index contributed by atoms with van der Waals surface area (Å²) in [7, 11) is 0. The lowest BCUT2D eigenvalue weighted by Gasteiger charge is -2.02. The molecule has 3 aromatic rings. The van der Waals surface area contributed by atoms with Crippen molar-refractivity contribution in [3.63, 3.8) is 0 Å². The van der Waals surface area contributed by atoms with Gasteiger partial charge in [-0.3, -0.25) is 10.1 Å². The van der Waals surface area contributed by atoms with Gasteiger partial charge in [-0.15, -0.1) is 0 Å². The molecule has 0 aliphatic carbocycles. The number of hydrogen-bond acceptors (Lipinski definition) is 4. The zero-order valence-electron chi connectivity index (χ0n) is 10.8. The first-order valence-corrected chi connectivity index (χ1v) is 7.50. The minimum atomic E-state index is -1.62. The molecule has 2 aromatic heterocycles. The van der Waals surface area contributed by atoms with Crippen LogP contribution in [0.25, 0.3) is 10.2 Å². The van der Waals surface area contributed by atoms with Gasteiger partial charge < -0.3 is 0 Å². The molecule has 0 radical (unpaired) electrons. The number of fused-ring (bicyclic) bond motifs is 1. The summed E-state index contributed by atoms with van der Waals surface area (Å²) in [6.45, 7) is 0. The zero-order chi connectivity index (χ0) is 16.7. The number of halogens is 5. The fraction of sp³-hybridized carbons (Fsp3) is 0. The molecule has 0 unspecified atom stereocenters. The van der Waals surface area contributed by atoms with Crippen molar-refractivity contribution < 1.29 is 18.0 Å². The lowest BCUT2D eigenvalue weighted by Crippen LogP contribution is -2.12. The van der Waals surface area contributed by atoms with E-state index in [2.05, 4.69) is 15.3 Å². The average molecular weight is 378 g/mol. The first kappa shape index (κ1) is 16.0. The smallest absolute Gasteiger partial charge is 0.259 e. The molecule has 0 spiro atoms. The van der Waals surface area contributed by atoms with Crippen molar-refractivity contribution in [1.82, 2.24) is 9.97 Å². The maximum Gasteiger partial charge on any atom is 0.259 e. The Labute approximate surface area is 140 Å². The standard InChI is InChI=1S/C13H4Cl2F3N3OS/c14-5-1-4(3-19-11(5)15)12(22)21-13-20-10-7(23-13)2-6(16)8(17)9(10)18/h1-3H,(H,20,21,22). The fourth-order valence-corrected chi connectivity index (χ4v) is 2.90. The first-order chi connectivity index (χ1) is 10.9. The predicted octanol–water partition coefficient (Wildman–Crippen LogP) is 4.67. The number of carbonyl (C=O) groups excluding carboxylic acids is 1. The molecule has 3 rings (SSSR count). The summed E-state index contributed by atoms with van der Waals surface area (Å²) in [6.07, 6.45) is 1.19. The Balaban J connectivity index is 1.93. The molecule has 0 fully saturated rings. The SMILES string of the molecule is O=C(Nc1nc2c(F)c(F)c(F)cc2s1)c1cnc(Cl)c(Cl)c1. The van der Waals surface area contributed by atoms with E-state index in [0.717, 1.165) is 17.4 Å². The van der Waals surface area contributed by atoms with Crippen LogP contribution >= 0.6 is 34.5 Å². The summed E-state index contributed by atoms with van der Waals surface area (Å²) in [5.74, 6) is -4.98. The predicted molar refractivity (Wildman–Crippen MR) is 81.7 cm³/mol. The molecule has 4 nitrogen and oxygen atoms in total. The van der Waals surface area contributed by atoms with E-state index in [-0.39, 0.29) is 31.1 Å². The summed E-state index contributed by atoms with van der Waals surface area (Å²) in [5.41, 5.74) is -0.270. The average Bonchev–Trinajstić information content (AvgIpc) is 2.90. The van der Waals surface area contributed by atoms with Crippen molar-refractivity contribution in [2.75, 3.05) is 5.32 Å².